The lowest BCUT2D eigenvalue weighted by atomic mass is 10.1. The monoisotopic (exact) mass is 516 g/mol. The zero-order valence-electron chi connectivity index (χ0n) is 21.9. The highest BCUT2D eigenvalue weighted by molar-refractivity contribution is 5.96. The Hall–Kier alpha value is -4.23. The topological polar surface area (TPSA) is 119 Å². The number of amides is 1. The van der Waals surface area contributed by atoms with E-state index in [0.29, 0.717) is 24.5 Å². The zero-order chi connectivity index (χ0) is 27.9. The molecule has 200 valence electrons. The Balaban J connectivity index is 0.000000281. The minimum absolute atomic E-state index is 0.243. The van der Waals surface area contributed by atoms with E-state index in [1.807, 2.05) is 74.5 Å². The summed E-state index contributed by atoms with van der Waals surface area (Å²) in [5.74, 6) is -1.38. The molecule has 0 aliphatic carbocycles. The second kappa shape index (κ2) is 15.8. The average molecular weight is 517 g/mol. The fraction of sp³-hybridized carbons (Fsp3) is 0.258. The standard InChI is InChI=1S/C18H17NO3.C13H19NO2/c1-2-13-8-10-15(11-9-13)17(20)19-16(18(21)22)12-14-6-4-3-5-7-14;1-10(2)8-12(14)13(15)16-9-11-6-4-3-5-7-11/h2-11,16H,1,12H2,(H,19,20)(H,21,22);3-7,10,12H,8-9,14H2,1-2H3. The molecule has 1 amide bonds. The van der Waals surface area contributed by atoms with Crippen molar-refractivity contribution in [2.75, 3.05) is 0 Å². The van der Waals surface area contributed by atoms with Gasteiger partial charge in [0.05, 0.1) is 0 Å². The maximum absolute atomic E-state index is 12.1. The zero-order valence-corrected chi connectivity index (χ0v) is 21.9. The molecule has 38 heavy (non-hydrogen) atoms. The van der Waals surface area contributed by atoms with Crippen LogP contribution < -0.4 is 11.1 Å². The molecule has 0 saturated heterocycles. The smallest absolute Gasteiger partial charge is 0.326 e. The summed E-state index contributed by atoms with van der Waals surface area (Å²) in [6, 6.07) is 24.1. The second-order valence-electron chi connectivity index (χ2n) is 9.21. The number of aliphatic carboxylic acids is 1. The van der Waals surface area contributed by atoms with Gasteiger partial charge in [0.2, 0.25) is 0 Å². The number of benzene rings is 3. The van der Waals surface area contributed by atoms with Crippen LogP contribution in [0.4, 0.5) is 0 Å². The number of nitrogens with one attached hydrogen (secondary N) is 1. The molecule has 0 fully saturated rings. The maximum atomic E-state index is 12.1. The Labute approximate surface area is 224 Å². The van der Waals surface area contributed by atoms with Crippen LogP contribution >= 0.6 is 0 Å². The number of hydrogen-bond donors (Lipinski definition) is 3. The summed E-state index contributed by atoms with van der Waals surface area (Å²) in [6.07, 6.45) is 2.58. The van der Waals surface area contributed by atoms with Gasteiger partial charge in [0.25, 0.3) is 5.91 Å². The average Bonchev–Trinajstić information content (AvgIpc) is 2.92. The van der Waals surface area contributed by atoms with Crippen LogP contribution in [0.3, 0.4) is 0 Å². The van der Waals surface area contributed by atoms with E-state index in [4.69, 9.17) is 10.5 Å². The summed E-state index contributed by atoms with van der Waals surface area (Å²) >= 11 is 0. The lowest BCUT2D eigenvalue weighted by molar-refractivity contribution is -0.147. The van der Waals surface area contributed by atoms with E-state index >= 15 is 0 Å². The molecule has 7 heteroatoms. The van der Waals surface area contributed by atoms with Gasteiger partial charge in [0.15, 0.2) is 0 Å². The molecule has 3 aromatic carbocycles. The number of hydrogen-bond acceptors (Lipinski definition) is 5. The van der Waals surface area contributed by atoms with Gasteiger partial charge in [0, 0.05) is 12.0 Å². The molecule has 0 spiro atoms. The first kappa shape index (κ1) is 30.0. The van der Waals surface area contributed by atoms with Gasteiger partial charge in [-0.3, -0.25) is 9.59 Å². The number of rotatable bonds is 11. The lowest BCUT2D eigenvalue weighted by Gasteiger charge is -2.14. The van der Waals surface area contributed by atoms with Gasteiger partial charge in [-0.2, -0.15) is 0 Å². The van der Waals surface area contributed by atoms with Crippen molar-refractivity contribution in [1.29, 1.82) is 0 Å². The first-order valence-corrected chi connectivity index (χ1v) is 12.5. The number of carbonyl (C=O) groups is 3. The minimum atomic E-state index is -1.06. The van der Waals surface area contributed by atoms with Crippen molar-refractivity contribution < 1.29 is 24.2 Å². The van der Waals surface area contributed by atoms with Gasteiger partial charge < -0.3 is 20.9 Å². The third-order valence-corrected chi connectivity index (χ3v) is 5.55. The van der Waals surface area contributed by atoms with Crippen LogP contribution in [0, 0.1) is 5.92 Å². The molecule has 4 N–H and O–H groups in total. The summed E-state index contributed by atoms with van der Waals surface area (Å²) in [5.41, 5.74) is 8.87. The van der Waals surface area contributed by atoms with E-state index in [0.717, 1.165) is 16.7 Å². The van der Waals surface area contributed by atoms with E-state index in [1.54, 1.807) is 30.3 Å². The van der Waals surface area contributed by atoms with E-state index < -0.39 is 24.0 Å². The van der Waals surface area contributed by atoms with Crippen LogP contribution in [0.5, 0.6) is 0 Å². The fourth-order valence-corrected chi connectivity index (χ4v) is 3.50. The van der Waals surface area contributed by atoms with Crippen molar-refractivity contribution >= 4 is 23.9 Å². The van der Waals surface area contributed by atoms with E-state index in [-0.39, 0.29) is 12.4 Å². The number of carbonyl (C=O) groups excluding carboxylic acids is 2. The van der Waals surface area contributed by atoms with Gasteiger partial charge in [0.1, 0.15) is 18.7 Å². The second-order valence-corrected chi connectivity index (χ2v) is 9.21. The van der Waals surface area contributed by atoms with Crippen LogP contribution in [0.2, 0.25) is 0 Å². The summed E-state index contributed by atoms with van der Waals surface area (Å²) in [4.78, 5) is 35.0. The van der Waals surface area contributed by atoms with E-state index in [2.05, 4.69) is 11.9 Å². The van der Waals surface area contributed by atoms with E-state index in [9.17, 15) is 19.5 Å². The highest BCUT2D eigenvalue weighted by Crippen LogP contribution is 2.09. The molecule has 0 radical (unpaired) electrons. The number of esters is 1. The molecule has 3 rings (SSSR count). The van der Waals surface area contributed by atoms with Crippen LogP contribution in [-0.2, 0) is 27.4 Å². The summed E-state index contributed by atoms with van der Waals surface area (Å²) in [7, 11) is 0. The Morgan fingerprint density at radius 2 is 1.47 bits per heavy atom. The Morgan fingerprint density at radius 1 is 0.921 bits per heavy atom. The normalized spacial score (nSPS) is 11.9. The van der Waals surface area contributed by atoms with Gasteiger partial charge in [-0.05, 0) is 41.2 Å². The lowest BCUT2D eigenvalue weighted by Crippen LogP contribution is -2.42. The van der Waals surface area contributed by atoms with Crippen molar-refractivity contribution in [3.05, 3.63) is 114 Å². The number of carboxylic acid groups (broad SMARTS) is 1. The van der Waals surface area contributed by atoms with Crippen LogP contribution in [0.15, 0.2) is 91.5 Å². The minimum Gasteiger partial charge on any atom is -0.480 e. The summed E-state index contributed by atoms with van der Waals surface area (Å²) in [6.45, 7) is 8.01. The third kappa shape index (κ3) is 10.8. The number of nitrogens with two attached hydrogens (primary N) is 1. The Kier molecular flexibility index (Phi) is 12.5. The molecular weight excluding hydrogens is 480 g/mol. The molecule has 7 nitrogen and oxygen atoms in total. The van der Waals surface area contributed by atoms with Gasteiger partial charge in [-0.15, -0.1) is 0 Å². The molecule has 0 aliphatic rings. The molecule has 0 bridgehead atoms. The molecule has 0 aromatic heterocycles. The van der Waals surface area contributed by atoms with Crippen LogP contribution in [-0.4, -0.2) is 35.0 Å². The van der Waals surface area contributed by atoms with Crippen molar-refractivity contribution in [3.63, 3.8) is 0 Å². The summed E-state index contributed by atoms with van der Waals surface area (Å²) < 4.78 is 5.13. The third-order valence-electron chi connectivity index (χ3n) is 5.55. The SMILES string of the molecule is C=Cc1ccc(C(=O)NC(Cc2ccccc2)C(=O)O)cc1.CC(C)CC(N)C(=O)OCc1ccccc1. The van der Waals surface area contributed by atoms with Crippen molar-refractivity contribution in [3.8, 4) is 0 Å². The maximum Gasteiger partial charge on any atom is 0.326 e. The Bertz CT molecular complexity index is 1160. The first-order valence-electron chi connectivity index (χ1n) is 12.5. The summed E-state index contributed by atoms with van der Waals surface area (Å²) in [5, 5.41) is 11.8. The largest absolute Gasteiger partial charge is 0.480 e. The first-order chi connectivity index (χ1) is 18.2. The van der Waals surface area contributed by atoms with Gasteiger partial charge >= 0.3 is 11.9 Å². The highest BCUT2D eigenvalue weighted by Gasteiger charge is 2.21. The predicted octanol–water partition coefficient (Wildman–Crippen LogP) is 4.86. The fourth-order valence-electron chi connectivity index (χ4n) is 3.50. The Morgan fingerprint density at radius 3 is 1.97 bits per heavy atom. The molecule has 2 atom stereocenters. The molecule has 0 aliphatic heterocycles. The molecule has 3 aromatic rings. The molecular formula is C31H36N2O5. The van der Waals surface area contributed by atoms with Crippen molar-refractivity contribution in [2.24, 2.45) is 11.7 Å². The highest BCUT2D eigenvalue weighted by atomic mass is 16.5. The van der Waals surface area contributed by atoms with Crippen LogP contribution in [0.25, 0.3) is 6.08 Å². The molecule has 2 unspecified atom stereocenters. The van der Waals surface area contributed by atoms with E-state index in [1.165, 1.54) is 0 Å². The van der Waals surface area contributed by atoms with Crippen LogP contribution in [0.1, 0.15) is 47.3 Å². The van der Waals surface area contributed by atoms with Gasteiger partial charge in [-0.1, -0.05) is 99.3 Å². The number of carboxylic acids is 1. The number of ether oxygens (including phenoxy) is 1. The predicted molar refractivity (Wildman–Crippen MR) is 149 cm³/mol. The van der Waals surface area contributed by atoms with Gasteiger partial charge in [-0.25, -0.2) is 4.79 Å². The quantitative estimate of drug-likeness (QED) is 0.313. The van der Waals surface area contributed by atoms with Crippen molar-refractivity contribution in [2.45, 2.75) is 45.4 Å². The molecule has 0 saturated carbocycles. The molecule has 0 heterocycles. The van der Waals surface area contributed by atoms with Crippen molar-refractivity contribution in [1.82, 2.24) is 5.32 Å².